The Morgan fingerprint density at radius 2 is 2.32 bits per heavy atom. The van der Waals surface area contributed by atoms with Gasteiger partial charge in [0.15, 0.2) is 0 Å². The minimum Gasteiger partial charge on any atom is -0.481 e. The van der Waals surface area contributed by atoms with Crippen LogP contribution in [0, 0.1) is 16.0 Å². The van der Waals surface area contributed by atoms with Crippen molar-refractivity contribution < 1.29 is 14.8 Å². The second-order valence-electron chi connectivity index (χ2n) is 4.40. The van der Waals surface area contributed by atoms with Crippen LogP contribution in [0.2, 0.25) is 0 Å². The molecule has 0 aliphatic carbocycles. The minimum atomic E-state index is -0.801. The van der Waals surface area contributed by atoms with E-state index in [-0.39, 0.29) is 18.0 Å². The highest BCUT2D eigenvalue weighted by Gasteiger charge is 2.13. The number of pyridine rings is 1. The molecule has 1 heterocycles. The first-order chi connectivity index (χ1) is 9.00. The summed E-state index contributed by atoms with van der Waals surface area (Å²) < 4.78 is 0. The van der Waals surface area contributed by atoms with E-state index in [1.165, 1.54) is 12.4 Å². The van der Waals surface area contributed by atoms with E-state index in [2.05, 4.69) is 10.3 Å². The summed E-state index contributed by atoms with van der Waals surface area (Å²) in [5, 5.41) is 22.3. The summed E-state index contributed by atoms with van der Waals surface area (Å²) >= 11 is 0. The number of nitro groups is 1. The molecule has 0 bridgehead atoms. The number of anilines is 1. The van der Waals surface area contributed by atoms with Crippen LogP contribution in [0.5, 0.6) is 0 Å². The van der Waals surface area contributed by atoms with E-state index < -0.39 is 10.9 Å². The van der Waals surface area contributed by atoms with Crippen molar-refractivity contribution in [1.82, 2.24) is 4.98 Å². The molecule has 19 heavy (non-hydrogen) atoms. The molecule has 1 aromatic heterocycles. The third-order valence-electron chi connectivity index (χ3n) is 2.80. The number of carboxylic acid groups (broad SMARTS) is 1. The minimum absolute atomic E-state index is 0.0549. The van der Waals surface area contributed by atoms with Gasteiger partial charge in [-0.2, -0.15) is 0 Å². The summed E-state index contributed by atoms with van der Waals surface area (Å²) in [5.74, 6) is -0.547. The van der Waals surface area contributed by atoms with Gasteiger partial charge in [0.05, 0.1) is 4.92 Å². The van der Waals surface area contributed by atoms with Gasteiger partial charge in [-0.05, 0) is 24.8 Å². The summed E-state index contributed by atoms with van der Waals surface area (Å²) in [6, 6.07) is 1.56. The van der Waals surface area contributed by atoms with Gasteiger partial charge in [0, 0.05) is 19.2 Å². The van der Waals surface area contributed by atoms with Gasteiger partial charge in [-0.3, -0.25) is 19.9 Å². The van der Waals surface area contributed by atoms with Gasteiger partial charge in [-0.15, -0.1) is 0 Å². The maximum Gasteiger partial charge on any atom is 0.310 e. The van der Waals surface area contributed by atoms with Crippen LogP contribution in [0.1, 0.15) is 26.2 Å². The largest absolute Gasteiger partial charge is 0.481 e. The Morgan fingerprint density at radius 3 is 2.95 bits per heavy atom. The molecule has 7 nitrogen and oxygen atoms in total. The van der Waals surface area contributed by atoms with E-state index >= 15 is 0 Å². The van der Waals surface area contributed by atoms with Crippen molar-refractivity contribution in [3.63, 3.8) is 0 Å². The molecule has 0 aromatic carbocycles. The van der Waals surface area contributed by atoms with Crippen molar-refractivity contribution in [1.29, 1.82) is 0 Å². The molecular weight excluding hydrogens is 250 g/mol. The van der Waals surface area contributed by atoms with Gasteiger partial charge >= 0.3 is 11.7 Å². The molecule has 7 heteroatoms. The number of carboxylic acids is 1. The Balaban J connectivity index is 2.41. The lowest BCUT2D eigenvalue weighted by atomic mass is 10.0. The molecule has 104 valence electrons. The molecule has 0 spiro atoms. The van der Waals surface area contributed by atoms with Crippen molar-refractivity contribution in [2.45, 2.75) is 26.2 Å². The van der Waals surface area contributed by atoms with Crippen LogP contribution >= 0.6 is 0 Å². The number of aromatic nitrogens is 1. The Labute approximate surface area is 110 Å². The quantitative estimate of drug-likeness (QED) is 0.553. The van der Waals surface area contributed by atoms with Crippen LogP contribution in [0.3, 0.4) is 0 Å². The molecule has 0 aliphatic rings. The van der Waals surface area contributed by atoms with E-state index in [0.29, 0.717) is 18.7 Å². The van der Waals surface area contributed by atoms with Gasteiger partial charge in [0.25, 0.3) is 0 Å². The summed E-state index contributed by atoms with van der Waals surface area (Å²) in [4.78, 5) is 24.4. The molecule has 2 N–H and O–H groups in total. The number of rotatable bonds is 8. The number of carbonyl (C=O) groups is 1. The lowest BCUT2D eigenvalue weighted by Gasteiger charge is -2.11. The fourth-order valence-electron chi connectivity index (χ4n) is 1.65. The first-order valence-electron chi connectivity index (χ1n) is 6.04. The van der Waals surface area contributed by atoms with E-state index in [1.54, 1.807) is 6.07 Å². The standard InChI is InChI=1S/C12H17N3O4/c1-9(2-3-12(16)17)4-7-14-10-5-6-13-8-11(10)15(18)19/h5-6,8-9H,2-4,7H2,1H3,(H,13,14)(H,16,17). The molecule has 1 aromatic rings. The highest BCUT2D eigenvalue weighted by Crippen LogP contribution is 2.22. The zero-order valence-corrected chi connectivity index (χ0v) is 10.7. The van der Waals surface area contributed by atoms with Gasteiger partial charge in [-0.25, -0.2) is 0 Å². The number of aliphatic carboxylic acids is 1. The van der Waals surface area contributed by atoms with Crippen molar-refractivity contribution in [3.05, 3.63) is 28.6 Å². The van der Waals surface area contributed by atoms with Crippen LogP contribution in [0.4, 0.5) is 11.4 Å². The number of nitrogens with one attached hydrogen (secondary N) is 1. The topological polar surface area (TPSA) is 105 Å². The fraction of sp³-hybridized carbons (Fsp3) is 0.500. The van der Waals surface area contributed by atoms with Gasteiger partial charge < -0.3 is 10.4 Å². The van der Waals surface area contributed by atoms with Crippen molar-refractivity contribution >= 4 is 17.3 Å². The van der Waals surface area contributed by atoms with Crippen LogP contribution in [0.15, 0.2) is 18.5 Å². The van der Waals surface area contributed by atoms with Crippen LogP contribution in [-0.4, -0.2) is 27.5 Å². The zero-order valence-electron chi connectivity index (χ0n) is 10.7. The van der Waals surface area contributed by atoms with Crippen LogP contribution in [-0.2, 0) is 4.79 Å². The molecular formula is C12H17N3O4. The monoisotopic (exact) mass is 267 g/mol. The molecule has 1 unspecified atom stereocenters. The Kier molecular flexibility index (Phi) is 5.72. The molecule has 1 atom stereocenters. The lowest BCUT2D eigenvalue weighted by Crippen LogP contribution is -2.09. The highest BCUT2D eigenvalue weighted by atomic mass is 16.6. The molecule has 0 fully saturated rings. The molecule has 0 saturated carbocycles. The first-order valence-corrected chi connectivity index (χ1v) is 6.04. The summed E-state index contributed by atoms with van der Waals surface area (Å²) in [5.41, 5.74) is 0.381. The second kappa shape index (κ2) is 7.30. The maximum atomic E-state index is 10.8. The van der Waals surface area contributed by atoms with E-state index in [0.717, 1.165) is 6.42 Å². The molecule has 0 aliphatic heterocycles. The summed E-state index contributed by atoms with van der Waals surface area (Å²) in [7, 11) is 0. The molecule has 1 rings (SSSR count). The zero-order chi connectivity index (χ0) is 14.3. The van der Waals surface area contributed by atoms with Crippen LogP contribution < -0.4 is 5.32 Å². The van der Waals surface area contributed by atoms with Gasteiger partial charge in [0.1, 0.15) is 11.9 Å². The average Bonchev–Trinajstić information content (AvgIpc) is 2.36. The third kappa shape index (κ3) is 5.33. The van der Waals surface area contributed by atoms with Gasteiger partial charge in [-0.1, -0.05) is 6.92 Å². The summed E-state index contributed by atoms with van der Waals surface area (Å²) in [6.45, 7) is 2.53. The average molecular weight is 267 g/mol. The predicted molar refractivity (Wildman–Crippen MR) is 70.0 cm³/mol. The normalized spacial score (nSPS) is 11.8. The lowest BCUT2D eigenvalue weighted by molar-refractivity contribution is -0.384. The van der Waals surface area contributed by atoms with Crippen molar-refractivity contribution in [2.75, 3.05) is 11.9 Å². The Morgan fingerprint density at radius 1 is 1.58 bits per heavy atom. The number of hydrogen-bond acceptors (Lipinski definition) is 5. The molecule has 0 amide bonds. The number of hydrogen-bond donors (Lipinski definition) is 2. The van der Waals surface area contributed by atoms with Crippen molar-refractivity contribution in [3.8, 4) is 0 Å². The molecule has 0 saturated heterocycles. The smallest absolute Gasteiger partial charge is 0.310 e. The maximum absolute atomic E-state index is 10.8. The third-order valence-corrected chi connectivity index (χ3v) is 2.80. The fourth-order valence-corrected chi connectivity index (χ4v) is 1.65. The first kappa shape index (κ1) is 14.9. The van der Waals surface area contributed by atoms with Crippen molar-refractivity contribution in [2.24, 2.45) is 5.92 Å². The van der Waals surface area contributed by atoms with E-state index in [1.807, 2.05) is 6.92 Å². The summed E-state index contributed by atoms with van der Waals surface area (Å²) in [6.07, 6.45) is 4.21. The highest BCUT2D eigenvalue weighted by molar-refractivity contribution is 5.66. The second-order valence-corrected chi connectivity index (χ2v) is 4.40. The Bertz CT molecular complexity index is 450. The number of nitrogens with zero attached hydrogens (tertiary/aromatic N) is 2. The van der Waals surface area contributed by atoms with E-state index in [9.17, 15) is 14.9 Å². The Hall–Kier alpha value is -2.18. The molecule has 0 radical (unpaired) electrons. The SMILES string of the molecule is CC(CCNc1ccncc1[N+](=O)[O-])CCC(=O)O. The van der Waals surface area contributed by atoms with E-state index in [4.69, 9.17) is 5.11 Å². The van der Waals surface area contributed by atoms with Crippen LogP contribution in [0.25, 0.3) is 0 Å². The van der Waals surface area contributed by atoms with Gasteiger partial charge in [0.2, 0.25) is 0 Å². The predicted octanol–water partition coefficient (Wildman–Crippen LogP) is 2.29.